The van der Waals surface area contributed by atoms with Crippen LogP contribution in [0.25, 0.3) is 0 Å². The smallest absolute Gasteiger partial charge is 0.322 e. The van der Waals surface area contributed by atoms with Gasteiger partial charge in [0.05, 0.1) is 39.0 Å². The number of urea groups is 1. The standard InChI is InChI=1S/C32H32BrN3O5/c1-39-24-11-10-22(27(17-24)40-2)19-36-26-12-13-35(18-20-7-4-3-5-8-20)31(37)28(26)29(34-32(36)38)25-16-23(33)15-21-9-6-14-41-30(21)25/h3-5,7-8,10-11,15-17,29H,6,9,12-14,18-19H2,1-2H3,(H,34,38). The van der Waals surface area contributed by atoms with Crippen LogP contribution in [-0.2, 0) is 24.3 Å². The molecule has 0 aliphatic carbocycles. The molecule has 212 valence electrons. The van der Waals surface area contributed by atoms with Crippen molar-refractivity contribution in [2.75, 3.05) is 27.4 Å². The number of hydrogen-bond donors (Lipinski definition) is 1. The summed E-state index contributed by atoms with van der Waals surface area (Å²) < 4.78 is 18.0. The minimum absolute atomic E-state index is 0.0867. The van der Waals surface area contributed by atoms with Gasteiger partial charge in [-0.15, -0.1) is 0 Å². The van der Waals surface area contributed by atoms with E-state index in [-0.39, 0.29) is 18.5 Å². The van der Waals surface area contributed by atoms with Crippen molar-refractivity contribution in [2.45, 2.75) is 38.4 Å². The van der Waals surface area contributed by atoms with Gasteiger partial charge in [0.15, 0.2) is 0 Å². The van der Waals surface area contributed by atoms with E-state index in [1.54, 1.807) is 25.2 Å². The molecule has 1 N–H and O–H groups in total. The van der Waals surface area contributed by atoms with Crippen molar-refractivity contribution in [3.05, 3.63) is 98.7 Å². The zero-order valence-corrected chi connectivity index (χ0v) is 24.7. The second-order valence-electron chi connectivity index (χ2n) is 10.4. The molecule has 3 aliphatic heterocycles. The fraction of sp³-hybridized carbons (Fsp3) is 0.312. The molecule has 0 saturated heterocycles. The predicted octanol–water partition coefficient (Wildman–Crippen LogP) is 5.74. The highest BCUT2D eigenvalue weighted by Gasteiger charge is 2.43. The first-order valence-electron chi connectivity index (χ1n) is 13.8. The summed E-state index contributed by atoms with van der Waals surface area (Å²) in [4.78, 5) is 31.7. The van der Waals surface area contributed by atoms with Crippen LogP contribution in [0.4, 0.5) is 4.79 Å². The van der Waals surface area contributed by atoms with E-state index < -0.39 is 6.04 Å². The first-order valence-corrected chi connectivity index (χ1v) is 14.6. The van der Waals surface area contributed by atoms with E-state index in [4.69, 9.17) is 14.2 Å². The average molecular weight is 619 g/mol. The first kappa shape index (κ1) is 27.2. The molecule has 0 bridgehead atoms. The number of ether oxygens (including phenoxy) is 3. The summed E-state index contributed by atoms with van der Waals surface area (Å²) in [5.74, 6) is 1.95. The van der Waals surface area contributed by atoms with E-state index in [9.17, 15) is 9.59 Å². The van der Waals surface area contributed by atoms with Gasteiger partial charge in [-0.1, -0.05) is 46.3 Å². The quantitative estimate of drug-likeness (QED) is 0.365. The molecule has 3 aliphatic rings. The van der Waals surface area contributed by atoms with Crippen molar-refractivity contribution in [2.24, 2.45) is 0 Å². The molecule has 3 aromatic rings. The molecule has 0 radical (unpaired) electrons. The lowest BCUT2D eigenvalue weighted by Gasteiger charge is -2.42. The van der Waals surface area contributed by atoms with E-state index in [1.165, 1.54) is 0 Å². The number of halogens is 1. The Morgan fingerprint density at radius 1 is 1.00 bits per heavy atom. The number of aryl methyl sites for hydroxylation is 1. The molecule has 8 nitrogen and oxygen atoms in total. The zero-order chi connectivity index (χ0) is 28.5. The molecule has 6 rings (SSSR count). The zero-order valence-electron chi connectivity index (χ0n) is 23.1. The highest BCUT2D eigenvalue weighted by molar-refractivity contribution is 9.10. The van der Waals surface area contributed by atoms with Crippen LogP contribution in [0.15, 0.2) is 76.4 Å². The summed E-state index contributed by atoms with van der Waals surface area (Å²) in [5.41, 5.74) is 5.06. The molecule has 0 fully saturated rings. The van der Waals surface area contributed by atoms with Gasteiger partial charge < -0.3 is 24.4 Å². The Morgan fingerprint density at radius 3 is 2.61 bits per heavy atom. The summed E-state index contributed by atoms with van der Waals surface area (Å²) in [6.07, 6.45) is 2.36. The van der Waals surface area contributed by atoms with Crippen LogP contribution in [0.3, 0.4) is 0 Å². The number of nitrogens with zero attached hydrogens (tertiary/aromatic N) is 2. The molecule has 3 amide bonds. The normalized spacial score (nSPS) is 18.4. The number of hydrogen-bond acceptors (Lipinski definition) is 5. The topological polar surface area (TPSA) is 80.3 Å². The second-order valence-corrected chi connectivity index (χ2v) is 11.3. The molecule has 9 heteroatoms. The molecule has 0 spiro atoms. The number of carbonyl (C=O) groups is 2. The third-order valence-corrected chi connectivity index (χ3v) is 8.38. The molecule has 3 heterocycles. The maximum atomic E-state index is 14.3. The minimum Gasteiger partial charge on any atom is -0.497 e. The number of methoxy groups -OCH3 is 2. The molecule has 1 atom stereocenters. The summed E-state index contributed by atoms with van der Waals surface area (Å²) in [5, 5.41) is 3.17. The highest BCUT2D eigenvalue weighted by Crippen LogP contribution is 2.44. The largest absolute Gasteiger partial charge is 0.497 e. The number of nitrogens with one attached hydrogen (secondary N) is 1. The Morgan fingerprint density at radius 2 is 1.83 bits per heavy atom. The first-order chi connectivity index (χ1) is 20.0. The number of benzene rings is 3. The van der Waals surface area contributed by atoms with E-state index >= 15 is 0 Å². The van der Waals surface area contributed by atoms with E-state index in [1.807, 2.05) is 53.4 Å². The van der Waals surface area contributed by atoms with Gasteiger partial charge in [0.2, 0.25) is 0 Å². The lowest BCUT2D eigenvalue weighted by atomic mass is 9.87. The maximum absolute atomic E-state index is 14.3. The lowest BCUT2D eigenvalue weighted by molar-refractivity contribution is -0.129. The third kappa shape index (κ3) is 5.26. The maximum Gasteiger partial charge on any atom is 0.322 e. The molecular formula is C32H32BrN3O5. The van der Waals surface area contributed by atoms with Gasteiger partial charge in [-0.25, -0.2) is 4.79 Å². The van der Waals surface area contributed by atoms with Gasteiger partial charge in [-0.05, 0) is 48.2 Å². The number of rotatable bonds is 7. The Balaban J connectivity index is 1.44. The molecular weight excluding hydrogens is 586 g/mol. The van der Waals surface area contributed by atoms with E-state index in [0.29, 0.717) is 43.2 Å². The fourth-order valence-electron chi connectivity index (χ4n) is 5.93. The summed E-state index contributed by atoms with van der Waals surface area (Å²) in [7, 11) is 3.19. The number of amides is 3. The second kappa shape index (κ2) is 11.5. The average Bonchev–Trinajstić information content (AvgIpc) is 2.99. The van der Waals surface area contributed by atoms with Crippen molar-refractivity contribution >= 4 is 27.9 Å². The minimum atomic E-state index is -0.637. The number of carbonyl (C=O) groups excluding carboxylic acids is 2. The summed E-state index contributed by atoms with van der Waals surface area (Å²) >= 11 is 3.65. The van der Waals surface area contributed by atoms with Gasteiger partial charge in [-0.2, -0.15) is 0 Å². The van der Waals surface area contributed by atoms with Crippen LogP contribution in [0.2, 0.25) is 0 Å². The van der Waals surface area contributed by atoms with Crippen LogP contribution in [-0.4, -0.2) is 49.1 Å². The molecule has 0 saturated carbocycles. The van der Waals surface area contributed by atoms with Crippen molar-refractivity contribution in [1.29, 1.82) is 0 Å². The van der Waals surface area contributed by atoms with Crippen molar-refractivity contribution in [3.63, 3.8) is 0 Å². The SMILES string of the molecule is COc1ccc(CN2C(=O)NC(c3cc(Br)cc4c3OCCC4)C3=C2CCN(Cc2ccccc2)C3=O)c(OC)c1. The predicted molar refractivity (Wildman–Crippen MR) is 158 cm³/mol. The summed E-state index contributed by atoms with van der Waals surface area (Å²) in [6, 6.07) is 18.6. The van der Waals surface area contributed by atoms with Crippen LogP contribution in [0, 0.1) is 0 Å². The van der Waals surface area contributed by atoms with Gasteiger partial charge in [0.1, 0.15) is 17.2 Å². The van der Waals surface area contributed by atoms with Crippen molar-refractivity contribution < 1.29 is 23.8 Å². The summed E-state index contributed by atoms with van der Waals surface area (Å²) in [6.45, 7) is 1.86. The Kier molecular flexibility index (Phi) is 7.62. The Bertz CT molecular complexity index is 1520. The molecule has 41 heavy (non-hydrogen) atoms. The molecule has 0 aromatic heterocycles. The molecule has 3 aromatic carbocycles. The van der Waals surface area contributed by atoms with Crippen LogP contribution in [0.5, 0.6) is 17.2 Å². The molecule has 1 unspecified atom stereocenters. The highest BCUT2D eigenvalue weighted by atomic mass is 79.9. The van der Waals surface area contributed by atoms with Crippen LogP contribution >= 0.6 is 15.9 Å². The van der Waals surface area contributed by atoms with E-state index in [2.05, 4.69) is 27.3 Å². The van der Waals surface area contributed by atoms with Gasteiger partial charge in [0, 0.05) is 46.9 Å². The monoisotopic (exact) mass is 617 g/mol. The van der Waals surface area contributed by atoms with Gasteiger partial charge in [-0.3, -0.25) is 9.69 Å². The lowest BCUT2D eigenvalue weighted by Crippen LogP contribution is -2.53. The van der Waals surface area contributed by atoms with E-state index in [0.717, 1.165) is 51.0 Å². The van der Waals surface area contributed by atoms with Crippen LogP contribution in [0.1, 0.15) is 41.1 Å². The van der Waals surface area contributed by atoms with Gasteiger partial charge in [0.25, 0.3) is 5.91 Å². The Hall–Kier alpha value is -3.98. The third-order valence-electron chi connectivity index (χ3n) is 7.92. The van der Waals surface area contributed by atoms with Gasteiger partial charge >= 0.3 is 6.03 Å². The number of fused-ring (bicyclic) bond motifs is 1. The van der Waals surface area contributed by atoms with Crippen LogP contribution < -0.4 is 19.5 Å². The van der Waals surface area contributed by atoms with Crippen molar-refractivity contribution in [3.8, 4) is 17.2 Å². The fourth-order valence-corrected chi connectivity index (χ4v) is 6.45. The van der Waals surface area contributed by atoms with Crippen molar-refractivity contribution in [1.82, 2.24) is 15.1 Å². The Labute approximate surface area is 248 Å².